The predicted octanol–water partition coefficient (Wildman–Crippen LogP) is 1.84. The van der Waals surface area contributed by atoms with Gasteiger partial charge in [-0.2, -0.15) is 0 Å². The van der Waals surface area contributed by atoms with Crippen LogP contribution in [-0.4, -0.2) is 33.4 Å². The minimum atomic E-state index is -0.0807. The fourth-order valence-corrected chi connectivity index (χ4v) is 1.86. The quantitative estimate of drug-likeness (QED) is 0.844. The molecular formula is C13H19N3OS. The van der Waals surface area contributed by atoms with Crippen molar-refractivity contribution in [1.82, 2.24) is 9.88 Å². The van der Waals surface area contributed by atoms with Gasteiger partial charge in [-0.25, -0.2) is 0 Å². The van der Waals surface area contributed by atoms with Gasteiger partial charge in [0, 0.05) is 11.7 Å². The molecule has 0 aliphatic heterocycles. The fraction of sp³-hybridized carbons (Fsp3) is 0.462. The molecule has 0 unspecified atom stereocenters. The van der Waals surface area contributed by atoms with E-state index in [1.165, 1.54) is 0 Å². The van der Waals surface area contributed by atoms with E-state index >= 15 is 0 Å². The second-order valence-corrected chi connectivity index (χ2v) is 5.10. The summed E-state index contributed by atoms with van der Waals surface area (Å²) in [5.41, 5.74) is 7.76. The van der Waals surface area contributed by atoms with Crippen LogP contribution in [-0.2, 0) is 0 Å². The van der Waals surface area contributed by atoms with E-state index in [9.17, 15) is 4.79 Å². The third-order valence-corrected chi connectivity index (χ3v) is 2.79. The minimum absolute atomic E-state index is 0.0414. The zero-order valence-electron chi connectivity index (χ0n) is 11.2. The molecule has 0 aliphatic rings. The number of pyridine rings is 1. The summed E-state index contributed by atoms with van der Waals surface area (Å²) in [5.74, 6) is -0.0807. The van der Waals surface area contributed by atoms with Crippen LogP contribution in [0.1, 0.15) is 35.6 Å². The number of nitrogens with zero attached hydrogens (tertiary/aromatic N) is 2. The standard InChI is InChI=1S/C13H19N3OS/c1-8(2)16(7-12(14)18)13(17)11-6-5-9(3)15-10(11)4/h5-6,8H,7H2,1-4H3,(H2,14,18). The first-order valence-corrected chi connectivity index (χ1v) is 6.27. The molecule has 98 valence electrons. The van der Waals surface area contributed by atoms with Crippen LogP contribution in [0.5, 0.6) is 0 Å². The Hall–Kier alpha value is -1.49. The van der Waals surface area contributed by atoms with Crippen molar-refractivity contribution in [3.8, 4) is 0 Å². The molecule has 1 heterocycles. The first-order valence-electron chi connectivity index (χ1n) is 5.86. The van der Waals surface area contributed by atoms with Crippen LogP contribution in [0.4, 0.5) is 0 Å². The molecule has 0 spiro atoms. The Morgan fingerprint density at radius 3 is 2.50 bits per heavy atom. The van der Waals surface area contributed by atoms with E-state index in [1.54, 1.807) is 11.0 Å². The van der Waals surface area contributed by atoms with E-state index in [4.69, 9.17) is 18.0 Å². The smallest absolute Gasteiger partial charge is 0.256 e. The highest BCUT2D eigenvalue weighted by molar-refractivity contribution is 7.80. The van der Waals surface area contributed by atoms with Crippen LogP contribution in [0.3, 0.4) is 0 Å². The van der Waals surface area contributed by atoms with Gasteiger partial charge >= 0.3 is 0 Å². The van der Waals surface area contributed by atoms with Crippen LogP contribution in [0.15, 0.2) is 12.1 Å². The molecule has 0 saturated heterocycles. The first-order chi connectivity index (χ1) is 8.32. The summed E-state index contributed by atoms with van der Waals surface area (Å²) in [7, 11) is 0. The number of amides is 1. The molecule has 1 amide bonds. The number of rotatable bonds is 4. The third-order valence-electron chi connectivity index (χ3n) is 2.67. The van der Waals surface area contributed by atoms with Crippen molar-refractivity contribution in [2.24, 2.45) is 5.73 Å². The third kappa shape index (κ3) is 3.50. The van der Waals surface area contributed by atoms with Crippen molar-refractivity contribution >= 4 is 23.1 Å². The van der Waals surface area contributed by atoms with Gasteiger partial charge in [0.1, 0.15) is 0 Å². The van der Waals surface area contributed by atoms with E-state index in [0.29, 0.717) is 17.1 Å². The number of carbonyl (C=O) groups is 1. The molecule has 1 aromatic heterocycles. The van der Waals surface area contributed by atoms with Gasteiger partial charge < -0.3 is 10.6 Å². The van der Waals surface area contributed by atoms with Crippen molar-refractivity contribution in [3.05, 3.63) is 29.1 Å². The lowest BCUT2D eigenvalue weighted by atomic mass is 10.1. The molecule has 0 aromatic carbocycles. The summed E-state index contributed by atoms with van der Waals surface area (Å²) < 4.78 is 0. The fourth-order valence-electron chi connectivity index (χ4n) is 1.72. The van der Waals surface area contributed by atoms with Gasteiger partial charge in [0.2, 0.25) is 0 Å². The number of hydrogen-bond donors (Lipinski definition) is 1. The molecule has 0 saturated carbocycles. The molecule has 2 N–H and O–H groups in total. The van der Waals surface area contributed by atoms with Gasteiger partial charge in [-0.05, 0) is 39.8 Å². The second kappa shape index (κ2) is 5.91. The summed E-state index contributed by atoms with van der Waals surface area (Å²) >= 11 is 4.88. The van der Waals surface area contributed by atoms with Gasteiger partial charge in [0.25, 0.3) is 5.91 Å². The Balaban J connectivity index is 3.05. The summed E-state index contributed by atoms with van der Waals surface area (Å²) in [4.78, 5) is 18.7. The molecule has 0 fully saturated rings. The first kappa shape index (κ1) is 14.6. The Labute approximate surface area is 113 Å². The topological polar surface area (TPSA) is 59.2 Å². The Kier molecular flexibility index (Phi) is 4.78. The molecule has 0 atom stereocenters. The van der Waals surface area contributed by atoms with E-state index in [-0.39, 0.29) is 11.9 Å². The Morgan fingerprint density at radius 1 is 1.44 bits per heavy atom. The van der Waals surface area contributed by atoms with Crippen LogP contribution >= 0.6 is 12.2 Å². The Morgan fingerprint density at radius 2 is 2.06 bits per heavy atom. The largest absolute Gasteiger partial charge is 0.392 e. The Bertz CT molecular complexity index is 471. The highest BCUT2D eigenvalue weighted by atomic mass is 32.1. The van der Waals surface area contributed by atoms with Crippen molar-refractivity contribution in [2.45, 2.75) is 33.7 Å². The molecule has 1 rings (SSSR count). The number of hydrogen-bond acceptors (Lipinski definition) is 3. The molecule has 18 heavy (non-hydrogen) atoms. The maximum absolute atomic E-state index is 12.4. The number of aromatic nitrogens is 1. The average molecular weight is 265 g/mol. The molecular weight excluding hydrogens is 246 g/mol. The maximum atomic E-state index is 12.4. The van der Waals surface area contributed by atoms with Crippen LogP contribution in [0.2, 0.25) is 0 Å². The summed E-state index contributed by atoms with van der Waals surface area (Å²) in [6.07, 6.45) is 0. The normalized spacial score (nSPS) is 10.5. The van der Waals surface area contributed by atoms with Gasteiger partial charge in [-0.15, -0.1) is 0 Å². The SMILES string of the molecule is Cc1ccc(C(=O)N(CC(N)=S)C(C)C)c(C)n1. The zero-order valence-corrected chi connectivity index (χ0v) is 12.0. The molecule has 4 nitrogen and oxygen atoms in total. The zero-order chi connectivity index (χ0) is 13.9. The monoisotopic (exact) mass is 265 g/mol. The molecule has 5 heteroatoms. The predicted molar refractivity (Wildman–Crippen MR) is 76.7 cm³/mol. The molecule has 0 bridgehead atoms. The van der Waals surface area contributed by atoms with Crippen molar-refractivity contribution in [3.63, 3.8) is 0 Å². The lowest BCUT2D eigenvalue weighted by Gasteiger charge is -2.26. The van der Waals surface area contributed by atoms with Crippen molar-refractivity contribution in [1.29, 1.82) is 0 Å². The van der Waals surface area contributed by atoms with Gasteiger partial charge in [-0.3, -0.25) is 9.78 Å². The van der Waals surface area contributed by atoms with E-state index in [0.717, 1.165) is 11.4 Å². The van der Waals surface area contributed by atoms with E-state index < -0.39 is 0 Å². The summed E-state index contributed by atoms with van der Waals surface area (Å²) in [6.45, 7) is 7.90. The summed E-state index contributed by atoms with van der Waals surface area (Å²) in [5, 5.41) is 0. The minimum Gasteiger partial charge on any atom is -0.392 e. The lowest BCUT2D eigenvalue weighted by Crippen LogP contribution is -2.42. The van der Waals surface area contributed by atoms with Crippen LogP contribution in [0.25, 0.3) is 0 Å². The van der Waals surface area contributed by atoms with E-state index in [2.05, 4.69) is 4.98 Å². The summed E-state index contributed by atoms with van der Waals surface area (Å²) in [6, 6.07) is 3.67. The number of nitrogens with two attached hydrogens (primary N) is 1. The molecule has 1 aromatic rings. The molecule has 0 radical (unpaired) electrons. The van der Waals surface area contributed by atoms with Gasteiger partial charge in [-0.1, -0.05) is 12.2 Å². The number of aryl methyl sites for hydroxylation is 2. The average Bonchev–Trinajstić information content (AvgIpc) is 2.24. The highest BCUT2D eigenvalue weighted by Crippen LogP contribution is 2.12. The lowest BCUT2D eigenvalue weighted by molar-refractivity contribution is 0.0735. The second-order valence-electron chi connectivity index (χ2n) is 4.58. The number of carbonyl (C=O) groups excluding carboxylic acids is 1. The van der Waals surface area contributed by atoms with Gasteiger partial charge in [0.05, 0.1) is 22.8 Å². The highest BCUT2D eigenvalue weighted by Gasteiger charge is 2.21. The maximum Gasteiger partial charge on any atom is 0.256 e. The van der Waals surface area contributed by atoms with Gasteiger partial charge in [0.15, 0.2) is 0 Å². The van der Waals surface area contributed by atoms with E-state index in [1.807, 2.05) is 33.8 Å². The van der Waals surface area contributed by atoms with Crippen LogP contribution < -0.4 is 5.73 Å². The molecule has 0 aliphatic carbocycles. The number of thiocarbonyl (C=S) groups is 1. The van der Waals surface area contributed by atoms with Crippen molar-refractivity contribution < 1.29 is 4.79 Å². The van der Waals surface area contributed by atoms with Crippen molar-refractivity contribution in [2.75, 3.05) is 6.54 Å². The van der Waals surface area contributed by atoms with Crippen LogP contribution in [0, 0.1) is 13.8 Å².